The molecule has 0 aliphatic rings. The fraction of sp³-hybridized carbons (Fsp3) is 0.600. The van der Waals surface area contributed by atoms with Crippen molar-refractivity contribution in [1.82, 2.24) is 9.88 Å². The maximum atomic E-state index is 12.4. The molecule has 106 valence electrons. The lowest BCUT2D eigenvalue weighted by atomic mass is 10.2. The molecule has 0 aliphatic carbocycles. The van der Waals surface area contributed by atoms with Crippen LogP contribution in [0, 0.1) is 0 Å². The van der Waals surface area contributed by atoms with Crippen molar-refractivity contribution < 1.29 is 4.79 Å². The number of carbonyl (C=O) groups is 1. The minimum Gasteiger partial charge on any atom is -0.368 e. The second-order valence-electron chi connectivity index (χ2n) is 5.02. The van der Waals surface area contributed by atoms with E-state index >= 15 is 0 Å². The van der Waals surface area contributed by atoms with Crippen LogP contribution < -0.4 is 5.32 Å². The van der Waals surface area contributed by atoms with E-state index in [1.807, 2.05) is 11.0 Å². The van der Waals surface area contributed by atoms with Crippen LogP contribution in [0.4, 0.5) is 5.82 Å². The number of carbonyl (C=O) groups excluding carboxylic acids is 1. The van der Waals surface area contributed by atoms with Gasteiger partial charge in [-0.15, -0.1) is 0 Å². The summed E-state index contributed by atoms with van der Waals surface area (Å²) in [7, 11) is 0. The molecule has 0 spiro atoms. The predicted molar refractivity (Wildman–Crippen MR) is 79.5 cm³/mol. The first-order valence-corrected chi connectivity index (χ1v) is 7.10. The second-order valence-corrected chi connectivity index (χ2v) is 5.02. The van der Waals surface area contributed by atoms with Crippen molar-refractivity contribution >= 4 is 11.7 Å². The number of hydrogen-bond acceptors (Lipinski definition) is 3. The molecule has 1 aromatic heterocycles. The minimum absolute atomic E-state index is 0.0953. The molecule has 1 amide bonds. The van der Waals surface area contributed by atoms with Crippen LogP contribution in [0.2, 0.25) is 0 Å². The summed E-state index contributed by atoms with van der Waals surface area (Å²) in [5, 5.41) is 3.22. The first-order valence-electron chi connectivity index (χ1n) is 7.10. The van der Waals surface area contributed by atoms with E-state index in [9.17, 15) is 4.79 Å². The Kier molecular flexibility index (Phi) is 6.33. The lowest BCUT2D eigenvalue weighted by molar-refractivity contribution is 0.0755. The van der Waals surface area contributed by atoms with E-state index in [1.165, 1.54) is 0 Å². The normalized spacial score (nSPS) is 10.6. The molecular weight excluding hydrogens is 238 g/mol. The molecule has 0 radical (unpaired) electrons. The van der Waals surface area contributed by atoms with Gasteiger partial charge in [-0.3, -0.25) is 4.79 Å². The average Bonchev–Trinajstić information content (AvgIpc) is 2.37. The van der Waals surface area contributed by atoms with Gasteiger partial charge in [-0.1, -0.05) is 13.8 Å². The number of pyridine rings is 1. The molecule has 19 heavy (non-hydrogen) atoms. The Labute approximate surface area is 116 Å². The average molecular weight is 263 g/mol. The predicted octanol–water partition coefficient (Wildman–Crippen LogP) is 3.16. The first-order chi connectivity index (χ1) is 9.08. The zero-order valence-corrected chi connectivity index (χ0v) is 12.4. The van der Waals surface area contributed by atoms with Crippen molar-refractivity contribution in [3.05, 3.63) is 23.9 Å². The summed E-state index contributed by atoms with van der Waals surface area (Å²) >= 11 is 0. The third-order valence-corrected chi connectivity index (χ3v) is 2.72. The lowest BCUT2D eigenvalue weighted by Crippen LogP contribution is -2.32. The summed E-state index contributed by atoms with van der Waals surface area (Å²) < 4.78 is 0. The molecule has 1 heterocycles. The second kappa shape index (κ2) is 7.77. The molecule has 0 atom stereocenters. The summed E-state index contributed by atoms with van der Waals surface area (Å²) in [6, 6.07) is 3.92. The number of hydrogen-bond donors (Lipinski definition) is 1. The summed E-state index contributed by atoms with van der Waals surface area (Å²) in [6.07, 6.45) is 3.65. The monoisotopic (exact) mass is 263 g/mol. The Bertz CT molecular complexity index is 398. The van der Waals surface area contributed by atoms with E-state index in [0.29, 0.717) is 11.6 Å². The summed E-state index contributed by atoms with van der Waals surface area (Å²) in [4.78, 5) is 18.6. The molecule has 0 saturated heterocycles. The number of amides is 1. The van der Waals surface area contributed by atoms with Crippen molar-refractivity contribution in [2.45, 2.75) is 46.6 Å². The van der Waals surface area contributed by atoms with E-state index in [2.05, 4.69) is 38.0 Å². The van der Waals surface area contributed by atoms with Crippen molar-refractivity contribution in [1.29, 1.82) is 0 Å². The number of rotatable bonds is 7. The van der Waals surface area contributed by atoms with Gasteiger partial charge in [-0.25, -0.2) is 4.98 Å². The van der Waals surface area contributed by atoms with Gasteiger partial charge in [-0.05, 0) is 38.8 Å². The molecule has 0 unspecified atom stereocenters. The molecular formula is C15H25N3O. The fourth-order valence-corrected chi connectivity index (χ4v) is 1.98. The Morgan fingerprint density at radius 1 is 1.32 bits per heavy atom. The lowest BCUT2D eigenvalue weighted by Gasteiger charge is -2.21. The van der Waals surface area contributed by atoms with Gasteiger partial charge in [0.2, 0.25) is 0 Å². The SMILES string of the molecule is CCCN(CCC)C(=O)c1ccnc(NC(C)C)c1. The molecule has 0 aromatic carbocycles. The van der Waals surface area contributed by atoms with Gasteiger partial charge < -0.3 is 10.2 Å². The first kappa shape index (κ1) is 15.5. The van der Waals surface area contributed by atoms with Gasteiger partial charge >= 0.3 is 0 Å². The fourth-order valence-electron chi connectivity index (χ4n) is 1.98. The van der Waals surface area contributed by atoms with Gasteiger partial charge in [0.1, 0.15) is 5.82 Å². The number of anilines is 1. The molecule has 0 fully saturated rings. The molecule has 1 N–H and O–H groups in total. The van der Waals surface area contributed by atoms with Gasteiger partial charge in [0, 0.05) is 30.9 Å². The van der Waals surface area contributed by atoms with Crippen LogP contribution in [-0.4, -0.2) is 34.9 Å². The summed E-state index contributed by atoms with van der Waals surface area (Å²) in [5.74, 6) is 0.853. The quantitative estimate of drug-likeness (QED) is 0.822. The Morgan fingerprint density at radius 2 is 1.95 bits per heavy atom. The molecule has 0 bridgehead atoms. The van der Waals surface area contributed by atoms with Gasteiger partial charge in [0.15, 0.2) is 0 Å². The third kappa shape index (κ3) is 4.89. The van der Waals surface area contributed by atoms with Crippen LogP contribution in [0.1, 0.15) is 50.9 Å². The van der Waals surface area contributed by atoms with E-state index < -0.39 is 0 Å². The zero-order valence-electron chi connectivity index (χ0n) is 12.4. The molecule has 0 saturated carbocycles. The van der Waals surface area contributed by atoms with Crippen LogP contribution in [0.25, 0.3) is 0 Å². The zero-order chi connectivity index (χ0) is 14.3. The maximum absolute atomic E-state index is 12.4. The Morgan fingerprint density at radius 3 is 2.47 bits per heavy atom. The molecule has 1 aromatic rings. The number of nitrogens with one attached hydrogen (secondary N) is 1. The highest BCUT2D eigenvalue weighted by molar-refractivity contribution is 5.94. The molecule has 4 heteroatoms. The van der Waals surface area contributed by atoms with E-state index in [4.69, 9.17) is 0 Å². The molecule has 1 rings (SSSR count). The largest absolute Gasteiger partial charge is 0.368 e. The standard InChI is InChI=1S/C15H25N3O/c1-5-9-18(10-6-2)15(19)13-7-8-16-14(11-13)17-12(3)4/h7-8,11-12H,5-6,9-10H2,1-4H3,(H,16,17). The van der Waals surface area contributed by atoms with Crippen molar-refractivity contribution in [2.24, 2.45) is 0 Å². The van der Waals surface area contributed by atoms with Gasteiger partial charge in [-0.2, -0.15) is 0 Å². The smallest absolute Gasteiger partial charge is 0.254 e. The van der Waals surface area contributed by atoms with Crippen molar-refractivity contribution in [3.63, 3.8) is 0 Å². The Balaban J connectivity index is 2.84. The summed E-state index contributed by atoms with van der Waals surface area (Å²) in [5.41, 5.74) is 0.708. The van der Waals surface area contributed by atoms with Gasteiger partial charge in [0.05, 0.1) is 0 Å². The van der Waals surface area contributed by atoms with Crippen LogP contribution in [0.15, 0.2) is 18.3 Å². The third-order valence-electron chi connectivity index (χ3n) is 2.72. The highest BCUT2D eigenvalue weighted by atomic mass is 16.2. The maximum Gasteiger partial charge on any atom is 0.254 e. The van der Waals surface area contributed by atoms with Crippen molar-refractivity contribution in [2.75, 3.05) is 18.4 Å². The van der Waals surface area contributed by atoms with Crippen LogP contribution in [0.3, 0.4) is 0 Å². The molecule has 4 nitrogen and oxygen atoms in total. The van der Waals surface area contributed by atoms with Crippen molar-refractivity contribution in [3.8, 4) is 0 Å². The highest BCUT2D eigenvalue weighted by Crippen LogP contribution is 2.11. The Hall–Kier alpha value is -1.58. The van der Waals surface area contributed by atoms with E-state index in [-0.39, 0.29) is 5.91 Å². The van der Waals surface area contributed by atoms with Crippen LogP contribution >= 0.6 is 0 Å². The minimum atomic E-state index is 0.0953. The van der Waals surface area contributed by atoms with Crippen LogP contribution in [0.5, 0.6) is 0 Å². The highest BCUT2D eigenvalue weighted by Gasteiger charge is 2.14. The van der Waals surface area contributed by atoms with E-state index in [0.717, 1.165) is 31.7 Å². The van der Waals surface area contributed by atoms with Gasteiger partial charge in [0.25, 0.3) is 5.91 Å². The summed E-state index contributed by atoms with van der Waals surface area (Å²) in [6.45, 7) is 9.90. The number of aromatic nitrogens is 1. The molecule has 0 aliphatic heterocycles. The number of nitrogens with zero attached hydrogens (tertiary/aromatic N) is 2. The topological polar surface area (TPSA) is 45.2 Å². The van der Waals surface area contributed by atoms with Crippen LogP contribution in [-0.2, 0) is 0 Å². The van der Waals surface area contributed by atoms with E-state index in [1.54, 1.807) is 12.3 Å².